The number of aryl methyl sites for hydroxylation is 1. The molecule has 2 heterocycles. The second-order valence-corrected chi connectivity index (χ2v) is 8.94. The molecule has 4 N–H and O–H groups in total. The van der Waals surface area contributed by atoms with Crippen molar-refractivity contribution in [1.29, 1.82) is 0 Å². The maximum absolute atomic E-state index is 14.2. The van der Waals surface area contributed by atoms with Crippen LogP contribution in [0, 0.1) is 12.7 Å². The van der Waals surface area contributed by atoms with E-state index in [0.717, 1.165) is 23.1 Å². The first kappa shape index (κ1) is 26.5. The van der Waals surface area contributed by atoms with E-state index in [1.807, 2.05) is 0 Å². The summed E-state index contributed by atoms with van der Waals surface area (Å²) >= 11 is 0. The molecule has 200 valence electrons. The van der Waals surface area contributed by atoms with Crippen molar-refractivity contribution in [2.45, 2.75) is 31.5 Å². The molecule has 2 aromatic carbocycles. The lowest BCUT2D eigenvalue weighted by atomic mass is 9.99. The van der Waals surface area contributed by atoms with E-state index in [0.29, 0.717) is 6.07 Å². The average Bonchev–Trinajstić information content (AvgIpc) is 2.77. The number of fused-ring (bicyclic) bond motifs is 2. The van der Waals surface area contributed by atoms with Crippen LogP contribution in [0.3, 0.4) is 0 Å². The van der Waals surface area contributed by atoms with Gasteiger partial charge in [-0.3, -0.25) is 9.59 Å². The van der Waals surface area contributed by atoms with Crippen LogP contribution in [0.2, 0.25) is 0 Å². The molecule has 0 saturated carbocycles. The van der Waals surface area contributed by atoms with Gasteiger partial charge in [-0.05, 0) is 36.8 Å². The minimum absolute atomic E-state index is 0.132. The number of ether oxygens (including phenoxy) is 1. The van der Waals surface area contributed by atoms with Crippen molar-refractivity contribution < 1.29 is 45.1 Å². The molecular weight excluding hydrogens is 513 g/mol. The van der Waals surface area contributed by atoms with E-state index in [1.54, 1.807) is 0 Å². The highest BCUT2D eigenvalue weighted by molar-refractivity contribution is 5.97. The van der Waals surface area contributed by atoms with Crippen LogP contribution in [0.1, 0.15) is 37.4 Å². The first-order valence-electron chi connectivity index (χ1n) is 10.9. The van der Waals surface area contributed by atoms with Gasteiger partial charge in [-0.1, -0.05) is 0 Å². The maximum atomic E-state index is 14.2. The van der Waals surface area contributed by atoms with Crippen molar-refractivity contribution in [1.82, 2.24) is 9.80 Å². The minimum Gasteiger partial charge on any atom is -0.398 e. The highest BCUT2D eigenvalue weighted by Crippen LogP contribution is 2.38. The summed E-state index contributed by atoms with van der Waals surface area (Å²) in [4.78, 5) is 28.4. The first-order valence-corrected chi connectivity index (χ1v) is 10.9. The molecular formula is C23H21F7N4O3. The number of halogens is 7. The van der Waals surface area contributed by atoms with Gasteiger partial charge in [0.25, 0.3) is 11.8 Å². The van der Waals surface area contributed by atoms with Crippen LogP contribution in [-0.4, -0.2) is 60.0 Å². The van der Waals surface area contributed by atoms with Crippen molar-refractivity contribution >= 4 is 23.2 Å². The summed E-state index contributed by atoms with van der Waals surface area (Å²) in [5, 5.41) is 0. The van der Waals surface area contributed by atoms with E-state index in [4.69, 9.17) is 16.2 Å². The number of rotatable bonds is 2. The molecule has 0 aromatic heterocycles. The van der Waals surface area contributed by atoms with Gasteiger partial charge in [0.15, 0.2) is 5.82 Å². The van der Waals surface area contributed by atoms with Gasteiger partial charge in [0, 0.05) is 37.4 Å². The third-order valence-corrected chi connectivity index (χ3v) is 6.27. The van der Waals surface area contributed by atoms with Gasteiger partial charge < -0.3 is 26.0 Å². The molecule has 2 bridgehead atoms. The van der Waals surface area contributed by atoms with Gasteiger partial charge >= 0.3 is 12.4 Å². The Balaban J connectivity index is 1.55. The number of hydrogen-bond donors (Lipinski definition) is 2. The number of carbonyl (C=O) groups is 2. The van der Waals surface area contributed by atoms with Crippen molar-refractivity contribution in [2.24, 2.45) is 0 Å². The zero-order chi connectivity index (χ0) is 27.4. The quantitative estimate of drug-likeness (QED) is 0.452. The molecule has 2 atom stereocenters. The molecule has 2 saturated heterocycles. The van der Waals surface area contributed by atoms with Crippen LogP contribution in [0.25, 0.3) is 0 Å². The number of amides is 2. The Hall–Kier alpha value is -3.55. The molecule has 0 spiro atoms. The maximum Gasteiger partial charge on any atom is 0.420 e. The van der Waals surface area contributed by atoms with Crippen LogP contribution in [-0.2, 0) is 17.1 Å². The van der Waals surface area contributed by atoms with E-state index in [-0.39, 0.29) is 37.3 Å². The number of morpholine rings is 2. The summed E-state index contributed by atoms with van der Waals surface area (Å²) in [6.45, 7) is 0.724. The molecule has 2 aliphatic heterocycles. The Labute approximate surface area is 205 Å². The lowest BCUT2D eigenvalue weighted by Gasteiger charge is -2.46. The van der Waals surface area contributed by atoms with Crippen molar-refractivity contribution in [3.8, 4) is 0 Å². The Morgan fingerprint density at radius 3 is 1.84 bits per heavy atom. The molecule has 4 rings (SSSR count). The van der Waals surface area contributed by atoms with Gasteiger partial charge in [0.2, 0.25) is 0 Å². The predicted octanol–water partition coefficient (Wildman–Crippen LogP) is 3.70. The third-order valence-electron chi connectivity index (χ3n) is 6.27. The molecule has 37 heavy (non-hydrogen) atoms. The van der Waals surface area contributed by atoms with E-state index >= 15 is 0 Å². The average molecular weight is 534 g/mol. The summed E-state index contributed by atoms with van der Waals surface area (Å²) in [6, 6.07) is 3.40. The summed E-state index contributed by atoms with van der Waals surface area (Å²) < 4.78 is 100. The molecule has 0 radical (unpaired) electrons. The highest BCUT2D eigenvalue weighted by Gasteiger charge is 2.44. The van der Waals surface area contributed by atoms with Gasteiger partial charge in [-0.15, -0.1) is 0 Å². The molecule has 2 amide bonds. The fourth-order valence-electron chi connectivity index (χ4n) is 4.62. The van der Waals surface area contributed by atoms with E-state index < -0.39 is 70.3 Å². The first-order chi connectivity index (χ1) is 17.1. The SMILES string of the molecule is Cc1cc(N)c(C(F)(F)F)cc1C(=O)N1C[C@@H]2CN(C(=O)c3ccc(N)c(F)c3C(F)(F)F)C[C@H](C1)O2. The number of nitrogen functional groups attached to an aromatic ring is 2. The number of carbonyl (C=O) groups excluding carboxylic acids is 2. The molecule has 7 nitrogen and oxygen atoms in total. The second-order valence-electron chi connectivity index (χ2n) is 8.94. The number of nitrogens with zero attached hydrogens (tertiary/aromatic N) is 2. The monoisotopic (exact) mass is 534 g/mol. The van der Waals surface area contributed by atoms with Gasteiger partial charge in [0.1, 0.15) is 5.56 Å². The lowest BCUT2D eigenvalue weighted by Crippen LogP contribution is -2.61. The molecule has 0 unspecified atom stereocenters. The number of hydrogen-bond acceptors (Lipinski definition) is 5. The zero-order valence-corrected chi connectivity index (χ0v) is 19.2. The fraction of sp³-hybridized carbons (Fsp3) is 0.391. The molecule has 2 aromatic rings. The third kappa shape index (κ3) is 5.02. The normalized spacial score (nSPS) is 20.2. The lowest BCUT2D eigenvalue weighted by molar-refractivity contribution is -0.141. The summed E-state index contributed by atoms with van der Waals surface area (Å²) in [5.74, 6) is -3.55. The van der Waals surface area contributed by atoms with Gasteiger partial charge in [-0.2, -0.15) is 26.3 Å². The van der Waals surface area contributed by atoms with Crippen LogP contribution in [0.5, 0.6) is 0 Å². The predicted molar refractivity (Wildman–Crippen MR) is 117 cm³/mol. The summed E-state index contributed by atoms with van der Waals surface area (Å²) in [5.41, 5.74) is 5.64. The molecule has 2 fully saturated rings. The van der Waals surface area contributed by atoms with Crippen LogP contribution >= 0.6 is 0 Å². The molecule has 2 aliphatic rings. The van der Waals surface area contributed by atoms with Crippen LogP contribution < -0.4 is 11.5 Å². The standard InChI is InChI=1S/C23H21F7N4O3/c1-10-4-17(32)15(22(25,26)27)5-14(10)21(36)34-8-11-6-33(7-12(9-34)37-11)20(35)13-2-3-16(31)19(24)18(13)23(28,29)30/h2-5,11-12H,6-9,31-32H2,1H3/t11-,12+. The van der Waals surface area contributed by atoms with Crippen LogP contribution in [0.4, 0.5) is 42.1 Å². The van der Waals surface area contributed by atoms with Crippen LogP contribution in [0.15, 0.2) is 24.3 Å². The number of nitrogens with two attached hydrogens (primary N) is 2. The summed E-state index contributed by atoms with van der Waals surface area (Å²) in [7, 11) is 0. The second kappa shape index (κ2) is 9.08. The van der Waals surface area contributed by atoms with Gasteiger partial charge in [-0.25, -0.2) is 4.39 Å². The van der Waals surface area contributed by atoms with E-state index in [1.165, 1.54) is 11.8 Å². The Morgan fingerprint density at radius 1 is 0.838 bits per heavy atom. The fourth-order valence-corrected chi connectivity index (χ4v) is 4.62. The number of alkyl halides is 6. The zero-order valence-electron chi connectivity index (χ0n) is 19.2. The van der Waals surface area contributed by atoms with Crippen molar-refractivity contribution in [3.05, 3.63) is 57.9 Å². The number of benzene rings is 2. The van der Waals surface area contributed by atoms with E-state index in [2.05, 4.69) is 0 Å². The molecule has 14 heteroatoms. The summed E-state index contributed by atoms with van der Waals surface area (Å²) in [6.07, 6.45) is -11.6. The Bertz CT molecular complexity index is 1250. The minimum atomic E-state index is -5.18. The highest BCUT2D eigenvalue weighted by atomic mass is 19.4. The Kier molecular flexibility index (Phi) is 6.51. The largest absolute Gasteiger partial charge is 0.420 e. The van der Waals surface area contributed by atoms with Crippen molar-refractivity contribution in [3.63, 3.8) is 0 Å². The van der Waals surface area contributed by atoms with E-state index in [9.17, 15) is 40.3 Å². The number of anilines is 2. The Morgan fingerprint density at radius 2 is 1.35 bits per heavy atom. The smallest absolute Gasteiger partial charge is 0.398 e. The van der Waals surface area contributed by atoms with Gasteiger partial charge in [0.05, 0.1) is 29.0 Å². The van der Waals surface area contributed by atoms with Crippen molar-refractivity contribution in [2.75, 3.05) is 37.6 Å². The molecule has 0 aliphatic carbocycles. The topological polar surface area (TPSA) is 102 Å².